The molecule has 0 aliphatic heterocycles. The van der Waals surface area contributed by atoms with Crippen LogP contribution in [0.1, 0.15) is 37.3 Å². The summed E-state index contributed by atoms with van der Waals surface area (Å²) in [6.07, 6.45) is 5.26. The molecule has 0 heterocycles. The Morgan fingerprint density at radius 3 is 2.35 bits per heavy atom. The molecule has 1 saturated carbocycles. The van der Waals surface area contributed by atoms with Gasteiger partial charge in [-0.15, -0.1) is 0 Å². The molecule has 1 unspecified atom stereocenters. The second kappa shape index (κ2) is 7.77. The van der Waals surface area contributed by atoms with Crippen molar-refractivity contribution in [2.24, 2.45) is 0 Å². The maximum atomic E-state index is 5.46. The normalized spacial score (nSPS) is 24.8. The van der Waals surface area contributed by atoms with Gasteiger partial charge < -0.3 is 15.0 Å². The number of nitrogens with one attached hydrogen (secondary N) is 1. The smallest absolute Gasteiger partial charge is 0.0572 e. The highest BCUT2D eigenvalue weighted by Crippen LogP contribution is 2.23. The van der Waals surface area contributed by atoms with E-state index in [1.165, 1.54) is 31.2 Å². The van der Waals surface area contributed by atoms with Crippen LogP contribution in [0.15, 0.2) is 30.3 Å². The molecular weight excluding hydrogens is 248 g/mol. The van der Waals surface area contributed by atoms with Crippen LogP contribution in [0.5, 0.6) is 0 Å². The maximum Gasteiger partial charge on any atom is 0.0572 e. The molecule has 1 aromatic rings. The number of likely N-dealkylation sites (N-methyl/N-ethyl adjacent to an activating group) is 1. The molecule has 1 N–H and O–H groups in total. The van der Waals surface area contributed by atoms with Crippen molar-refractivity contribution in [3.05, 3.63) is 35.9 Å². The molecule has 0 bridgehead atoms. The van der Waals surface area contributed by atoms with Crippen molar-refractivity contribution in [1.82, 2.24) is 10.2 Å². The highest BCUT2D eigenvalue weighted by Gasteiger charge is 2.23. The van der Waals surface area contributed by atoms with Crippen LogP contribution in [0, 0.1) is 0 Å². The van der Waals surface area contributed by atoms with Crippen LogP contribution in [0.4, 0.5) is 0 Å². The van der Waals surface area contributed by atoms with Gasteiger partial charge in [0, 0.05) is 25.7 Å². The Morgan fingerprint density at radius 2 is 1.80 bits per heavy atom. The van der Waals surface area contributed by atoms with Crippen LogP contribution in [0.25, 0.3) is 0 Å². The standard InChI is InChI=1S/C17H28N2O/c1-19(2)13-17(14-7-5-4-6-8-14)18-15-9-11-16(20-3)12-10-15/h4-8,15-18H,9-13H2,1-3H3. The number of hydrogen-bond donors (Lipinski definition) is 1. The molecule has 0 radical (unpaired) electrons. The van der Waals surface area contributed by atoms with Crippen molar-refractivity contribution in [3.8, 4) is 0 Å². The Bertz CT molecular complexity index is 372. The largest absolute Gasteiger partial charge is 0.381 e. The van der Waals surface area contributed by atoms with Crippen LogP contribution in [-0.2, 0) is 4.74 Å². The minimum Gasteiger partial charge on any atom is -0.381 e. The van der Waals surface area contributed by atoms with Crippen LogP contribution < -0.4 is 5.32 Å². The number of benzene rings is 1. The lowest BCUT2D eigenvalue weighted by Crippen LogP contribution is -2.40. The molecule has 1 aliphatic rings. The lowest BCUT2D eigenvalue weighted by Gasteiger charge is -2.33. The predicted octanol–water partition coefficient (Wildman–Crippen LogP) is 2.84. The van der Waals surface area contributed by atoms with Gasteiger partial charge in [-0.25, -0.2) is 0 Å². The van der Waals surface area contributed by atoms with Gasteiger partial charge >= 0.3 is 0 Å². The minimum absolute atomic E-state index is 0.412. The predicted molar refractivity (Wildman–Crippen MR) is 83.9 cm³/mol. The molecule has 0 aromatic heterocycles. The van der Waals surface area contributed by atoms with Crippen molar-refractivity contribution >= 4 is 0 Å². The summed E-state index contributed by atoms with van der Waals surface area (Å²) in [7, 11) is 6.11. The Morgan fingerprint density at radius 1 is 1.15 bits per heavy atom. The number of nitrogens with zero attached hydrogens (tertiary/aromatic N) is 1. The lowest BCUT2D eigenvalue weighted by molar-refractivity contribution is 0.0606. The zero-order valence-electron chi connectivity index (χ0n) is 13.0. The van der Waals surface area contributed by atoms with E-state index < -0.39 is 0 Å². The van der Waals surface area contributed by atoms with E-state index in [4.69, 9.17) is 4.74 Å². The van der Waals surface area contributed by atoms with Crippen LogP contribution in [0.2, 0.25) is 0 Å². The van der Waals surface area contributed by atoms with Gasteiger partial charge in [0.2, 0.25) is 0 Å². The first kappa shape index (κ1) is 15.5. The summed E-state index contributed by atoms with van der Waals surface area (Å²) >= 11 is 0. The Hall–Kier alpha value is -0.900. The summed E-state index contributed by atoms with van der Waals surface area (Å²) in [4.78, 5) is 2.26. The lowest BCUT2D eigenvalue weighted by atomic mass is 9.91. The molecule has 2 rings (SSSR count). The summed E-state index contributed by atoms with van der Waals surface area (Å²) < 4.78 is 5.46. The molecule has 1 atom stereocenters. The van der Waals surface area contributed by atoms with Crippen LogP contribution >= 0.6 is 0 Å². The van der Waals surface area contributed by atoms with Crippen molar-refractivity contribution < 1.29 is 4.74 Å². The van der Waals surface area contributed by atoms with E-state index >= 15 is 0 Å². The fourth-order valence-corrected chi connectivity index (χ4v) is 3.05. The average molecular weight is 276 g/mol. The summed E-state index contributed by atoms with van der Waals surface area (Å²) in [6.45, 7) is 1.04. The zero-order valence-corrected chi connectivity index (χ0v) is 13.0. The molecule has 3 nitrogen and oxygen atoms in total. The average Bonchev–Trinajstić information content (AvgIpc) is 2.48. The van der Waals surface area contributed by atoms with E-state index in [0.717, 1.165) is 6.54 Å². The third kappa shape index (κ3) is 4.58. The third-order valence-electron chi connectivity index (χ3n) is 4.19. The molecule has 0 amide bonds. The quantitative estimate of drug-likeness (QED) is 0.864. The van der Waals surface area contributed by atoms with Gasteiger partial charge in [-0.3, -0.25) is 0 Å². The third-order valence-corrected chi connectivity index (χ3v) is 4.19. The summed E-state index contributed by atoms with van der Waals surface area (Å²) in [6, 6.07) is 11.8. The monoisotopic (exact) mass is 276 g/mol. The van der Waals surface area contributed by atoms with E-state index in [2.05, 4.69) is 54.6 Å². The van der Waals surface area contributed by atoms with Gasteiger partial charge in [-0.2, -0.15) is 0 Å². The molecular formula is C17H28N2O. The number of rotatable bonds is 6. The van der Waals surface area contributed by atoms with E-state index in [-0.39, 0.29) is 0 Å². The van der Waals surface area contributed by atoms with Gasteiger partial charge in [-0.1, -0.05) is 30.3 Å². The van der Waals surface area contributed by atoms with Gasteiger partial charge in [0.05, 0.1) is 6.10 Å². The number of hydrogen-bond acceptors (Lipinski definition) is 3. The molecule has 112 valence electrons. The SMILES string of the molecule is COC1CCC(NC(CN(C)C)c2ccccc2)CC1. The van der Waals surface area contributed by atoms with E-state index in [0.29, 0.717) is 18.2 Å². The topological polar surface area (TPSA) is 24.5 Å². The molecule has 1 aromatic carbocycles. The van der Waals surface area contributed by atoms with E-state index in [1.54, 1.807) is 0 Å². The first-order chi connectivity index (χ1) is 9.69. The van der Waals surface area contributed by atoms with Crippen LogP contribution in [-0.4, -0.2) is 44.8 Å². The number of ether oxygens (including phenoxy) is 1. The molecule has 1 aliphatic carbocycles. The summed E-state index contributed by atoms with van der Waals surface area (Å²) in [5, 5.41) is 3.85. The van der Waals surface area contributed by atoms with E-state index in [1.807, 2.05) is 7.11 Å². The fourth-order valence-electron chi connectivity index (χ4n) is 3.05. The zero-order chi connectivity index (χ0) is 14.4. The minimum atomic E-state index is 0.412. The second-order valence-corrected chi connectivity index (χ2v) is 6.10. The summed E-state index contributed by atoms with van der Waals surface area (Å²) in [5.74, 6) is 0. The molecule has 3 heteroatoms. The first-order valence-corrected chi connectivity index (χ1v) is 7.67. The van der Waals surface area contributed by atoms with Crippen molar-refractivity contribution in [3.63, 3.8) is 0 Å². The van der Waals surface area contributed by atoms with Gasteiger partial charge in [-0.05, 0) is 45.3 Å². The van der Waals surface area contributed by atoms with Crippen molar-refractivity contribution in [2.45, 2.75) is 43.9 Å². The highest BCUT2D eigenvalue weighted by molar-refractivity contribution is 5.19. The van der Waals surface area contributed by atoms with Gasteiger partial charge in [0.1, 0.15) is 0 Å². The Labute approximate surface area is 123 Å². The first-order valence-electron chi connectivity index (χ1n) is 7.67. The number of methoxy groups -OCH3 is 1. The summed E-state index contributed by atoms with van der Waals surface area (Å²) in [5.41, 5.74) is 1.38. The van der Waals surface area contributed by atoms with Gasteiger partial charge in [0.15, 0.2) is 0 Å². The molecule has 1 fully saturated rings. The Kier molecular flexibility index (Phi) is 6.02. The molecule has 20 heavy (non-hydrogen) atoms. The maximum absolute atomic E-state index is 5.46. The van der Waals surface area contributed by atoms with Crippen LogP contribution in [0.3, 0.4) is 0 Å². The second-order valence-electron chi connectivity index (χ2n) is 6.10. The van der Waals surface area contributed by atoms with Crippen molar-refractivity contribution in [1.29, 1.82) is 0 Å². The van der Waals surface area contributed by atoms with E-state index in [9.17, 15) is 0 Å². The van der Waals surface area contributed by atoms with Crippen molar-refractivity contribution in [2.75, 3.05) is 27.7 Å². The molecule has 0 spiro atoms. The van der Waals surface area contributed by atoms with Gasteiger partial charge in [0.25, 0.3) is 0 Å². The molecule has 0 saturated heterocycles. The fraction of sp³-hybridized carbons (Fsp3) is 0.647. The Balaban J connectivity index is 1.95. The highest BCUT2D eigenvalue weighted by atomic mass is 16.5.